The van der Waals surface area contributed by atoms with E-state index in [1.165, 1.54) is 14.2 Å². The summed E-state index contributed by atoms with van der Waals surface area (Å²) in [4.78, 5) is 24.3. The highest BCUT2D eigenvalue weighted by atomic mass is 16.6. The molecule has 0 saturated carbocycles. The molecule has 0 unspecified atom stereocenters. The average Bonchev–Trinajstić information content (AvgIpc) is 2.68. The first kappa shape index (κ1) is 19.4. The Kier molecular flexibility index (Phi) is 5.65. The monoisotopic (exact) mass is 384 g/mol. The van der Waals surface area contributed by atoms with Crippen molar-refractivity contribution in [3.05, 3.63) is 52.4 Å². The van der Waals surface area contributed by atoms with Crippen molar-refractivity contribution in [2.75, 3.05) is 27.9 Å². The van der Waals surface area contributed by atoms with Crippen molar-refractivity contribution in [2.24, 2.45) is 0 Å². The van der Waals surface area contributed by atoms with Crippen LogP contribution in [0, 0.1) is 6.92 Å². The zero-order chi connectivity index (χ0) is 20.3. The molecule has 0 amide bonds. The molecule has 28 heavy (non-hydrogen) atoms. The van der Waals surface area contributed by atoms with Crippen molar-refractivity contribution in [1.82, 2.24) is 0 Å². The number of carbonyl (C=O) groups excluding carboxylic acids is 1. The van der Waals surface area contributed by atoms with Gasteiger partial charge in [-0.25, -0.2) is 9.59 Å². The summed E-state index contributed by atoms with van der Waals surface area (Å²) in [5, 5.41) is 0.659. The molecule has 0 N–H and O–H groups in total. The van der Waals surface area contributed by atoms with Crippen molar-refractivity contribution in [3.63, 3.8) is 0 Å². The van der Waals surface area contributed by atoms with Crippen LogP contribution in [0.1, 0.15) is 5.56 Å². The number of ether oxygens (including phenoxy) is 4. The summed E-state index contributed by atoms with van der Waals surface area (Å²) in [6.45, 7) is 1.66. The first-order valence-electron chi connectivity index (χ1n) is 8.48. The highest BCUT2D eigenvalue weighted by Gasteiger charge is 2.16. The summed E-state index contributed by atoms with van der Waals surface area (Å²) in [5.41, 5.74) is 1.66. The normalized spacial score (nSPS) is 10.7. The quantitative estimate of drug-likeness (QED) is 0.366. The fourth-order valence-corrected chi connectivity index (χ4v) is 3.00. The van der Waals surface area contributed by atoms with Crippen LogP contribution in [0.25, 0.3) is 22.1 Å². The molecule has 2 aromatic carbocycles. The van der Waals surface area contributed by atoms with E-state index in [0.29, 0.717) is 44.9 Å². The largest absolute Gasteiger partial charge is 0.493 e. The molecule has 1 heterocycles. The molecular formula is C21H20O7. The van der Waals surface area contributed by atoms with Crippen LogP contribution in [-0.4, -0.2) is 33.9 Å². The third kappa shape index (κ3) is 3.70. The van der Waals surface area contributed by atoms with Crippen molar-refractivity contribution in [2.45, 2.75) is 6.92 Å². The Hall–Kier alpha value is -3.32. The van der Waals surface area contributed by atoms with Crippen LogP contribution in [0.5, 0.6) is 17.2 Å². The summed E-state index contributed by atoms with van der Waals surface area (Å²) in [5.74, 6) is 0.879. The second-order valence-electron chi connectivity index (χ2n) is 6.02. The standard InChI is InChI=1S/C21H20O7/c1-12-15-10-14(27-19(22)11-24-2)6-8-16(15)28-21(23)20(12)13-5-7-17(25-3)18(9-13)26-4/h5-10H,11H2,1-4H3. The summed E-state index contributed by atoms with van der Waals surface area (Å²) in [6, 6.07) is 10.0. The number of hydrogen-bond acceptors (Lipinski definition) is 7. The number of rotatable bonds is 6. The maximum atomic E-state index is 12.6. The zero-order valence-electron chi connectivity index (χ0n) is 16.0. The molecular weight excluding hydrogens is 364 g/mol. The highest BCUT2D eigenvalue weighted by Crippen LogP contribution is 2.34. The van der Waals surface area contributed by atoms with Gasteiger partial charge in [-0.05, 0) is 48.4 Å². The van der Waals surface area contributed by atoms with Gasteiger partial charge in [-0.3, -0.25) is 0 Å². The molecule has 0 atom stereocenters. The summed E-state index contributed by atoms with van der Waals surface area (Å²) in [7, 11) is 4.48. The third-order valence-electron chi connectivity index (χ3n) is 4.30. The molecule has 0 saturated heterocycles. The molecule has 0 radical (unpaired) electrons. The van der Waals surface area contributed by atoms with Gasteiger partial charge in [0.25, 0.3) is 0 Å². The lowest BCUT2D eigenvalue weighted by atomic mass is 9.99. The molecule has 3 rings (SSSR count). The predicted molar refractivity (Wildman–Crippen MR) is 103 cm³/mol. The van der Waals surface area contributed by atoms with E-state index in [2.05, 4.69) is 0 Å². The SMILES string of the molecule is COCC(=O)Oc1ccc2oc(=O)c(-c3ccc(OC)c(OC)c3)c(C)c2c1. The maximum absolute atomic E-state index is 12.6. The van der Waals surface area contributed by atoms with Gasteiger partial charge in [0.1, 0.15) is 17.9 Å². The van der Waals surface area contributed by atoms with Crippen LogP contribution in [0.15, 0.2) is 45.6 Å². The van der Waals surface area contributed by atoms with E-state index < -0.39 is 11.6 Å². The molecule has 7 nitrogen and oxygen atoms in total. The Bertz CT molecular complexity index is 1080. The number of carbonyl (C=O) groups is 1. The van der Waals surface area contributed by atoms with Gasteiger partial charge in [-0.15, -0.1) is 0 Å². The van der Waals surface area contributed by atoms with E-state index >= 15 is 0 Å². The Balaban J connectivity index is 2.13. The van der Waals surface area contributed by atoms with E-state index in [9.17, 15) is 9.59 Å². The number of methoxy groups -OCH3 is 3. The lowest BCUT2D eigenvalue weighted by Gasteiger charge is -2.12. The fraction of sp³-hybridized carbons (Fsp3) is 0.238. The van der Waals surface area contributed by atoms with Gasteiger partial charge in [0.15, 0.2) is 11.5 Å². The molecule has 0 aliphatic heterocycles. The second-order valence-corrected chi connectivity index (χ2v) is 6.02. The number of fused-ring (bicyclic) bond motifs is 1. The molecule has 0 fully saturated rings. The molecule has 0 bridgehead atoms. The topological polar surface area (TPSA) is 84.2 Å². The van der Waals surface area contributed by atoms with Gasteiger partial charge >= 0.3 is 11.6 Å². The van der Waals surface area contributed by atoms with E-state index in [4.69, 9.17) is 23.4 Å². The molecule has 3 aromatic rings. The number of esters is 1. The minimum atomic E-state index is -0.517. The summed E-state index contributed by atoms with van der Waals surface area (Å²) >= 11 is 0. The summed E-state index contributed by atoms with van der Waals surface area (Å²) < 4.78 is 26.0. The van der Waals surface area contributed by atoms with Gasteiger partial charge < -0.3 is 23.4 Å². The molecule has 7 heteroatoms. The highest BCUT2D eigenvalue weighted by molar-refractivity contribution is 5.88. The van der Waals surface area contributed by atoms with E-state index in [0.717, 1.165) is 0 Å². The van der Waals surface area contributed by atoms with Crippen LogP contribution in [-0.2, 0) is 9.53 Å². The fourth-order valence-electron chi connectivity index (χ4n) is 3.00. The van der Waals surface area contributed by atoms with Crippen molar-refractivity contribution >= 4 is 16.9 Å². The van der Waals surface area contributed by atoms with E-state index in [-0.39, 0.29) is 6.61 Å². The average molecular weight is 384 g/mol. The second kappa shape index (κ2) is 8.14. The van der Waals surface area contributed by atoms with E-state index in [1.807, 2.05) is 6.92 Å². The van der Waals surface area contributed by atoms with E-state index in [1.54, 1.807) is 43.5 Å². The van der Waals surface area contributed by atoms with Crippen LogP contribution in [0.3, 0.4) is 0 Å². The number of aryl methyl sites for hydroxylation is 1. The lowest BCUT2D eigenvalue weighted by Crippen LogP contribution is -2.14. The van der Waals surface area contributed by atoms with Crippen molar-refractivity contribution in [1.29, 1.82) is 0 Å². The maximum Gasteiger partial charge on any atom is 0.344 e. The molecule has 0 aliphatic carbocycles. The van der Waals surface area contributed by atoms with Crippen LogP contribution >= 0.6 is 0 Å². The van der Waals surface area contributed by atoms with Gasteiger partial charge in [0.2, 0.25) is 0 Å². The zero-order valence-corrected chi connectivity index (χ0v) is 16.0. The van der Waals surface area contributed by atoms with Crippen LogP contribution < -0.4 is 19.8 Å². The number of hydrogen-bond donors (Lipinski definition) is 0. The van der Waals surface area contributed by atoms with Gasteiger partial charge in [0, 0.05) is 12.5 Å². The van der Waals surface area contributed by atoms with Gasteiger partial charge in [-0.1, -0.05) is 6.07 Å². The van der Waals surface area contributed by atoms with Gasteiger partial charge in [0.05, 0.1) is 19.8 Å². The van der Waals surface area contributed by atoms with Crippen molar-refractivity contribution < 1.29 is 28.2 Å². The molecule has 146 valence electrons. The first-order valence-corrected chi connectivity index (χ1v) is 8.48. The number of benzene rings is 2. The Morgan fingerprint density at radius 2 is 1.75 bits per heavy atom. The van der Waals surface area contributed by atoms with Gasteiger partial charge in [-0.2, -0.15) is 0 Å². The molecule has 0 aliphatic rings. The van der Waals surface area contributed by atoms with Crippen LogP contribution in [0.4, 0.5) is 0 Å². The van der Waals surface area contributed by atoms with Crippen LogP contribution in [0.2, 0.25) is 0 Å². The Labute approximate surface area is 161 Å². The lowest BCUT2D eigenvalue weighted by molar-refractivity contribution is -0.138. The first-order chi connectivity index (χ1) is 13.5. The minimum absolute atomic E-state index is 0.155. The minimum Gasteiger partial charge on any atom is -0.493 e. The van der Waals surface area contributed by atoms with Crippen molar-refractivity contribution in [3.8, 4) is 28.4 Å². The Morgan fingerprint density at radius 3 is 2.43 bits per heavy atom. The molecule has 1 aromatic heterocycles. The molecule has 0 spiro atoms. The predicted octanol–water partition coefficient (Wildman–Crippen LogP) is 3.34. The Morgan fingerprint density at radius 1 is 1.00 bits per heavy atom. The smallest absolute Gasteiger partial charge is 0.344 e. The summed E-state index contributed by atoms with van der Waals surface area (Å²) in [6.07, 6.45) is 0. The third-order valence-corrected chi connectivity index (χ3v) is 4.30.